The Balaban J connectivity index is 1.14. The highest BCUT2D eigenvalue weighted by molar-refractivity contribution is 7.21. The second kappa shape index (κ2) is 11.4. The molecule has 0 fully saturated rings. The third-order valence-corrected chi connectivity index (χ3v) is 11.0. The monoisotopic (exact) mass is 682 g/mol. The molecule has 8 aromatic carbocycles. The van der Waals surface area contributed by atoms with Crippen molar-refractivity contribution in [2.45, 2.75) is 0 Å². The lowest BCUT2D eigenvalue weighted by Gasteiger charge is -2.13. The summed E-state index contributed by atoms with van der Waals surface area (Å²) in [4.78, 5) is 20.4. The molecule has 242 valence electrons. The number of thiazole rings is 1. The van der Waals surface area contributed by atoms with E-state index in [2.05, 4.69) is 103 Å². The molecular formula is C46H26N4OS. The number of rotatable bonds is 4. The van der Waals surface area contributed by atoms with Gasteiger partial charge in [-0.3, -0.25) is 0 Å². The molecule has 0 unspecified atom stereocenters. The number of aromatic nitrogens is 4. The fourth-order valence-corrected chi connectivity index (χ4v) is 8.49. The second-order valence-corrected chi connectivity index (χ2v) is 14.0. The van der Waals surface area contributed by atoms with E-state index in [1.807, 2.05) is 54.6 Å². The van der Waals surface area contributed by atoms with Crippen LogP contribution in [0.15, 0.2) is 162 Å². The molecule has 0 spiro atoms. The van der Waals surface area contributed by atoms with Gasteiger partial charge in [0, 0.05) is 33.0 Å². The predicted octanol–water partition coefficient (Wildman–Crippen LogP) is 12.5. The highest BCUT2D eigenvalue weighted by Crippen LogP contribution is 2.41. The summed E-state index contributed by atoms with van der Waals surface area (Å²) in [6.07, 6.45) is 0. The van der Waals surface area contributed by atoms with E-state index in [0.29, 0.717) is 17.5 Å². The molecule has 0 N–H and O–H groups in total. The Morgan fingerprint density at radius 2 is 1.00 bits per heavy atom. The number of furan rings is 1. The maximum Gasteiger partial charge on any atom is 0.164 e. The van der Waals surface area contributed by atoms with Gasteiger partial charge in [-0.15, -0.1) is 11.3 Å². The first-order valence-corrected chi connectivity index (χ1v) is 18.0. The third kappa shape index (κ3) is 4.55. The second-order valence-electron chi connectivity index (χ2n) is 13.0. The Labute approximate surface area is 301 Å². The van der Waals surface area contributed by atoms with Gasteiger partial charge < -0.3 is 4.42 Å². The number of hydrogen-bond donors (Lipinski definition) is 0. The lowest BCUT2D eigenvalue weighted by atomic mass is 9.93. The summed E-state index contributed by atoms with van der Waals surface area (Å²) in [5.74, 6) is 1.82. The summed E-state index contributed by atoms with van der Waals surface area (Å²) in [5.41, 5.74) is 6.36. The smallest absolute Gasteiger partial charge is 0.164 e. The first kappa shape index (κ1) is 29.0. The molecule has 52 heavy (non-hydrogen) atoms. The van der Waals surface area contributed by atoms with E-state index in [4.69, 9.17) is 24.4 Å². The van der Waals surface area contributed by atoms with Crippen LogP contribution in [-0.2, 0) is 0 Å². The van der Waals surface area contributed by atoms with Crippen molar-refractivity contribution in [3.05, 3.63) is 158 Å². The van der Waals surface area contributed by atoms with Gasteiger partial charge in [-0.1, -0.05) is 115 Å². The van der Waals surface area contributed by atoms with E-state index in [1.165, 1.54) is 32.3 Å². The van der Waals surface area contributed by atoms with Crippen LogP contribution in [0.2, 0.25) is 0 Å². The summed E-state index contributed by atoms with van der Waals surface area (Å²) >= 11 is 1.69. The highest BCUT2D eigenvalue weighted by atomic mass is 32.1. The zero-order valence-electron chi connectivity index (χ0n) is 27.6. The fourth-order valence-electron chi connectivity index (χ4n) is 7.53. The molecule has 0 saturated carbocycles. The number of para-hydroxylation sites is 1. The van der Waals surface area contributed by atoms with Crippen molar-refractivity contribution in [1.29, 1.82) is 0 Å². The van der Waals surface area contributed by atoms with Crippen LogP contribution in [0.25, 0.3) is 109 Å². The number of benzene rings is 8. The predicted molar refractivity (Wildman–Crippen MR) is 215 cm³/mol. The van der Waals surface area contributed by atoms with Gasteiger partial charge >= 0.3 is 0 Å². The largest absolute Gasteiger partial charge is 0.456 e. The minimum absolute atomic E-state index is 0.589. The Morgan fingerprint density at radius 1 is 0.385 bits per heavy atom. The zero-order chi connectivity index (χ0) is 34.2. The van der Waals surface area contributed by atoms with Crippen LogP contribution in [0, 0.1) is 0 Å². The number of fused-ring (bicyclic) bond motifs is 10. The molecule has 0 saturated heterocycles. The van der Waals surface area contributed by atoms with Crippen LogP contribution < -0.4 is 0 Å². The maximum absolute atomic E-state index is 6.43. The van der Waals surface area contributed by atoms with Crippen LogP contribution >= 0.6 is 11.3 Å². The lowest BCUT2D eigenvalue weighted by molar-refractivity contribution is 0.669. The molecule has 11 aromatic rings. The van der Waals surface area contributed by atoms with E-state index >= 15 is 0 Å². The van der Waals surface area contributed by atoms with Crippen molar-refractivity contribution in [3.63, 3.8) is 0 Å². The standard InChI is InChI=1S/C46H26N4OS/c1-2-11-27(12-3-1)43-48-44(28-21-23-34-32-15-5-4-13-30(32)31-14-6-7-16-33(31)36(34)25-28)50-45(49-43)35-17-10-19-40-42(35)37-26-29(22-24-39(37)51-40)46-47-38-18-8-9-20-41(38)52-46/h1-26H. The minimum atomic E-state index is 0.589. The molecule has 0 radical (unpaired) electrons. The molecular weight excluding hydrogens is 657 g/mol. The van der Waals surface area contributed by atoms with Crippen LogP contribution in [-0.4, -0.2) is 19.9 Å². The molecule has 0 bridgehead atoms. The first-order valence-electron chi connectivity index (χ1n) is 17.2. The Kier molecular flexibility index (Phi) is 6.35. The number of hydrogen-bond acceptors (Lipinski definition) is 6. The molecule has 0 aliphatic heterocycles. The van der Waals surface area contributed by atoms with Gasteiger partial charge in [0.1, 0.15) is 16.2 Å². The van der Waals surface area contributed by atoms with Crippen molar-refractivity contribution in [2.75, 3.05) is 0 Å². The molecule has 11 rings (SSSR count). The summed E-state index contributed by atoms with van der Waals surface area (Å²) in [6, 6.07) is 54.6. The molecule has 5 nitrogen and oxygen atoms in total. The molecule has 3 aromatic heterocycles. The van der Waals surface area contributed by atoms with Crippen molar-refractivity contribution in [1.82, 2.24) is 19.9 Å². The zero-order valence-corrected chi connectivity index (χ0v) is 28.4. The molecule has 0 aliphatic carbocycles. The summed E-state index contributed by atoms with van der Waals surface area (Å²) < 4.78 is 7.59. The third-order valence-electron chi connectivity index (χ3n) is 9.95. The molecule has 3 heterocycles. The van der Waals surface area contributed by atoms with Gasteiger partial charge in [0.15, 0.2) is 17.5 Å². The van der Waals surface area contributed by atoms with Crippen molar-refractivity contribution in [2.24, 2.45) is 0 Å². The van der Waals surface area contributed by atoms with Gasteiger partial charge in [0.25, 0.3) is 0 Å². The van der Waals surface area contributed by atoms with Gasteiger partial charge in [-0.2, -0.15) is 0 Å². The van der Waals surface area contributed by atoms with Crippen LogP contribution in [0.1, 0.15) is 0 Å². The van der Waals surface area contributed by atoms with Crippen LogP contribution in [0.5, 0.6) is 0 Å². The van der Waals surface area contributed by atoms with E-state index < -0.39 is 0 Å². The van der Waals surface area contributed by atoms with E-state index in [-0.39, 0.29) is 0 Å². The Hall–Kier alpha value is -6.76. The molecule has 0 amide bonds. The normalized spacial score (nSPS) is 11.8. The van der Waals surface area contributed by atoms with Gasteiger partial charge in [0.2, 0.25) is 0 Å². The van der Waals surface area contributed by atoms with E-state index in [9.17, 15) is 0 Å². The highest BCUT2D eigenvalue weighted by Gasteiger charge is 2.19. The average molecular weight is 683 g/mol. The van der Waals surface area contributed by atoms with Gasteiger partial charge in [-0.05, 0) is 74.8 Å². The average Bonchev–Trinajstić information content (AvgIpc) is 3.83. The quantitative estimate of drug-likeness (QED) is 0.173. The lowest BCUT2D eigenvalue weighted by Crippen LogP contribution is -2.00. The van der Waals surface area contributed by atoms with Crippen molar-refractivity contribution < 1.29 is 4.42 Å². The minimum Gasteiger partial charge on any atom is -0.456 e. The van der Waals surface area contributed by atoms with E-state index in [0.717, 1.165) is 59.4 Å². The summed E-state index contributed by atoms with van der Waals surface area (Å²) in [7, 11) is 0. The molecule has 0 atom stereocenters. The van der Waals surface area contributed by atoms with Gasteiger partial charge in [-0.25, -0.2) is 19.9 Å². The molecule has 0 aliphatic rings. The SMILES string of the molecule is c1ccc(-c2nc(-c3ccc4c5ccccc5c5ccccc5c4c3)nc(-c3cccc4oc5ccc(-c6nc7ccccc7s6)cc5c34)n2)cc1. The molecule has 6 heteroatoms. The van der Waals surface area contributed by atoms with Crippen LogP contribution in [0.3, 0.4) is 0 Å². The van der Waals surface area contributed by atoms with Gasteiger partial charge in [0.05, 0.1) is 10.2 Å². The Morgan fingerprint density at radius 3 is 1.77 bits per heavy atom. The number of nitrogens with zero attached hydrogens (tertiary/aromatic N) is 4. The fraction of sp³-hybridized carbons (Fsp3) is 0. The summed E-state index contributed by atoms with van der Waals surface area (Å²) in [5, 5.41) is 10.2. The van der Waals surface area contributed by atoms with E-state index in [1.54, 1.807) is 11.3 Å². The van der Waals surface area contributed by atoms with Crippen LogP contribution in [0.4, 0.5) is 0 Å². The first-order chi connectivity index (χ1) is 25.7. The summed E-state index contributed by atoms with van der Waals surface area (Å²) in [6.45, 7) is 0. The maximum atomic E-state index is 6.43. The van der Waals surface area contributed by atoms with Crippen molar-refractivity contribution in [3.8, 4) is 44.7 Å². The topological polar surface area (TPSA) is 64.7 Å². The van der Waals surface area contributed by atoms with Crippen molar-refractivity contribution >= 4 is 75.8 Å². The Bertz CT molecular complexity index is 3130.